The predicted octanol–water partition coefficient (Wildman–Crippen LogP) is 2.02. The molecule has 0 unspecified atom stereocenters. The van der Waals surface area contributed by atoms with Crippen LogP contribution in [0.1, 0.15) is 19.8 Å². The second-order valence-electron chi connectivity index (χ2n) is 4.52. The summed E-state index contributed by atoms with van der Waals surface area (Å²) in [6.45, 7) is 2.49. The predicted molar refractivity (Wildman–Crippen MR) is 68.0 cm³/mol. The summed E-state index contributed by atoms with van der Waals surface area (Å²) in [4.78, 5) is 10.7. The third-order valence-corrected chi connectivity index (χ3v) is 3.05. The topological polar surface area (TPSA) is 54.1 Å². The van der Waals surface area contributed by atoms with Crippen molar-refractivity contribution in [3.8, 4) is 0 Å². The first-order chi connectivity index (χ1) is 8.66. The Hall–Kier alpha value is -1.97. The first kappa shape index (κ1) is 12.5. The van der Waals surface area contributed by atoms with Gasteiger partial charge in [0.15, 0.2) is 12.7 Å². The van der Waals surface area contributed by atoms with Crippen molar-refractivity contribution in [1.82, 2.24) is 5.10 Å². The number of carboxylic acids is 1. The molecule has 4 nitrogen and oxygen atoms in total. The number of aryl methyl sites for hydroxylation is 1. The molecule has 94 valence electrons. The molecule has 18 heavy (non-hydrogen) atoms. The third kappa shape index (κ3) is 3.03. The van der Waals surface area contributed by atoms with Gasteiger partial charge in [-0.15, -0.1) is 0 Å². The average Bonchev–Trinajstić information content (AvgIpc) is 2.38. The molecule has 1 atom stereocenters. The van der Waals surface area contributed by atoms with Crippen LogP contribution >= 0.6 is 0 Å². The summed E-state index contributed by atoms with van der Waals surface area (Å²) in [5.41, 5.74) is 0.964. The van der Waals surface area contributed by atoms with Gasteiger partial charge in [-0.05, 0) is 12.5 Å². The molecular weight excluding hydrogens is 228 g/mol. The Bertz CT molecular complexity index is 554. The summed E-state index contributed by atoms with van der Waals surface area (Å²) in [5.74, 6) is -1.02. The van der Waals surface area contributed by atoms with Gasteiger partial charge in [-0.2, -0.15) is 0 Å². The van der Waals surface area contributed by atoms with Crippen molar-refractivity contribution in [2.24, 2.45) is 5.92 Å². The first-order valence-electron chi connectivity index (χ1n) is 6.15. The fourth-order valence-electron chi connectivity index (χ4n) is 1.87. The average molecular weight is 245 g/mol. The van der Waals surface area contributed by atoms with E-state index in [-0.39, 0.29) is 5.92 Å². The van der Waals surface area contributed by atoms with Crippen LogP contribution < -0.4 is 4.68 Å². The fraction of sp³-hybridized carbons (Fsp3) is 0.357. The van der Waals surface area contributed by atoms with Gasteiger partial charge in [0.25, 0.3) is 0 Å². The summed E-state index contributed by atoms with van der Waals surface area (Å²) in [6.07, 6.45) is 3.44. The van der Waals surface area contributed by atoms with Crippen molar-refractivity contribution in [3.63, 3.8) is 0 Å². The van der Waals surface area contributed by atoms with Crippen molar-refractivity contribution < 1.29 is 14.6 Å². The Morgan fingerprint density at radius 1 is 1.39 bits per heavy atom. The molecule has 0 radical (unpaired) electrons. The highest BCUT2D eigenvalue weighted by molar-refractivity contribution is 5.76. The Kier molecular flexibility index (Phi) is 3.87. The van der Waals surface area contributed by atoms with E-state index in [2.05, 4.69) is 5.10 Å². The van der Waals surface area contributed by atoms with Crippen LogP contribution in [-0.4, -0.2) is 16.2 Å². The van der Waals surface area contributed by atoms with Crippen LogP contribution in [0.3, 0.4) is 0 Å². The molecule has 2 aromatic rings. The zero-order valence-corrected chi connectivity index (χ0v) is 10.4. The number of hydrogen-bond donors (Lipinski definition) is 1. The molecule has 0 saturated heterocycles. The SMILES string of the molecule is C[C@@H](CCC[n+]1ccc2ccccc2n1)C(=O)O. The van der Waals surface area contributed by atoms with E-state index < -0.39 is 5.97 Å². The molecule has 0 saturated carbocycles. The van der Waals surface area contributed by atoms with E-state index in [0.29, 0.717) is 6.42 Å². The molecule has 0 fully saturated rings. The van der Waals surface area contributed by atoms with Crippen molar-refractivity contribution in [1.29, 1.82) is 0 Å². The quantitative estimate of drug-likeness (QED) is 0.820. The molecule has 1 aromatic heterocycles. The van der Waals surface area contributed by atoms with E-state index in [1.165, 1.54) is 0 Å². The zero-order valence-electron chi connectivity index (χ0n) is 10.4. The molecule has 1 heterocycles. The van der Waals surface area contributed by atoms with E-state index in [1.807, 2.05) is 41.2 Å². The minimum Gasteiger partial charge on any atom is -0.481 e. The number of rotatable bonds is 5. The maximum Gasteiger partial charge on any atom is 0.306 e. The van der Waals surface area contributed by atoms with Crippen LogP contribution in [-0.2, 0) is 11.3 Å². The van der Waals surface area contributed by atoms with Gasteiger partial charge in [0.1, 0.15) is 5.52 Å². The van der Waals surface area contributed by atoms with Crippen LogP contribution in [0.15, 0.2) is 36.5 Å². The van der Waals surface area contributed by atoms with Gasteiger partial charge in [-0.3, -0.25) is 4.79 Å². The molecular formula is C14H17N2O2+. The lowest BCUT2D eigenvalue weighted by Gasteiger charge is -2.02. The fourth-order valence-corrected chi connectivity index (χ4v) is 1.87. The highest BCUT2D eigenvalue weighted by Crippen LogP contribution is 2.08. The number of aliphatic carboxylic acids is 1. The van der Waals surface area contributed by atoms with Crippen molar-refractivity contribution >= 4 is 16.9 Å². The summed E-state index contributed by atoms with van der Waals surface area (Å²) in [7, 11) is 0. The van der Waals surface area contributed by atoms with E-state index in [0.717, 1.165) is 23.9 Å². The highest BCUT2D eigenvalue weighted by atomic mass is 16.4. The van der Waals surface area contributed by atoms with Gasteiger partial charge in [0.05, 0.1) is 5.92 Å². The number of nitrogens with zero attached hydrogens (tertiary/aromatic N) is 2. The zero-order chi connectivity index (χ0) is 13.0. The van der Waals surface area contributed by atoms with Crippen LogP contribution in [0.4, 0.5) is 0 Å². The monoisotopic (exact) mass is 245 g/mol. The van der Waals surface area contributed by atoms with Gasteiger partial charge in [-0.1, -0.05) is 29.8 Å². The second-order valence-corrected chi connectivity index (χ2v) is 4.52. The lowest BCUT2D eigenvalue weighted by molar-refractivity contribution is -0.752. The molecule has 0 spiro atoms. The molecule has 0 aliphatic heterocycles. The van der Waals surface area contributed by atoms with Crippen LogP contribution in [0, 0.1) is 5.92 Å². The molecule has 0 amide bonds. The van der Waals surface area contributed by atoms with Gasteiger partial charge < -0.3 is 5.11 Å². The minimum atomic E-state index is -0.730. The molecule has 0 aliphatic carbocycles. The van der Waals surface area contributed by atoms with Gasteiger partial charge in [0, 0.05) is 23.0 Å². The summed E-state index contributed by atoms with van der Waals surface area (Å²) < 4.78 is 1.87. The maximum absolute atomic E-state index is 10.7. The van der Waals surface area contributed by atoms with E-state index >= 15 is 0 Å². The molecule has 0 bridgehead atoms. The number of benzene rings is 1. The summed E-state index contributed by atoms with van der Waals surface area (Å²) in [5, 5.41) is 14.4. The lowest BCUT2D eigenvalue weighted by Crippen LogP contribution is -2.37. The van der Waals surface area contributed by atoms with Crippen LogP contribution in [0.2, 0.25) is 0 Å². The van der Waals surface area contributed by atoms with Crippen molar-refractivity contribution in [3.05, 3.63) is 36.5 Å². The third-order valence-electron chi connectivity index (χ3n) is 3.05. The van der Waals surface area contributed by atoms with E-state index in [9.17, 15) is 4.79 Å². The Labute approximate surface area is 106 Å². The number of aromatic nitrogens is 2. The maximum atomic E-state index is 10.7. The van der Waals surface area contributed by atoms with Crippen LogP contribution in [0.5, 0.6) is 0 Å². The van der Waals surface area contributed by atoms with Crippen molar-refractivity contribution in [2.45, 2.75) is 26.3 Å². The normalized spacial score (nSPS) is 12.5. The first-order valence-corrected chi connectivity index (χ1v) is 6.15. The highest BCUT2D eigenvalue weighted by Gasteiger charge is 2.12. The number of hydrogen-bond acceptors (Lipinski definition) is 2. The Morgan fingerprint density at radius 3 is 2.94 bits per heavy atom. The summed E-state index contributed by atoms with van der Waals surface area (Å²) >= 11 is 0. The van der Waals surface area contributed by atoms with Crippen molar-refractivity contribution in [2.75, 3.05) is 0 Å². The molecule has 0 aliphatic rings. The minimum absolute atomic E-state index is 0.286. The molecule has 1 N–H and O–H groups in total. The summed E-state index contributed by atoms with van der Waals surface area (Å²) in [6, 6.07) is 9.99. The standard InChI is InChI=1S/C14H16N2O2/c1-11(14(17)18)5-4-9-16-10-8-12-6-2-3-7-13(12)15-16/h2-3,6-8,10-11H,4-5,9H2,1H3/p+1/t11-/m0/s1. The number of carboxylic acid groups (broad SMARTS) is 1. The van der Waals surface area contributed by atoms with Gasteiger partial charge in [0.2, 0.25) is 0 Å². The van der Waals surface area contributed by atoms with Crippen LogP contribution in [0.25, 0.3) is 10.9 Å². The Morgan fingerprint density at radius 2 is 2.17 bits per heavy atom. The van der Waals surface area contributed by atoms with Gasteiger partial charge in [-0.25, -0.2) is 0 Å². The second kappa shape index (κ2) is 5.58. The largest absolute Gasteiger partial charge is 0.481 e. The number of carbonyl (C=O) groups is 1. The number of fused-ring (bicyclic) bond motifs is 1. The lowest BCUT2D eigenvalue weighted by atomic mass is 10.1. The smallest absolute Gasteiger partial charge is 0.306 e. The molecule has 2 rings (SSSR count). The van der Waals surface area contributed by atoms with E-state index in [1.54, 1.807) is 6.92 Å². The van der Waals surface area contributed by atoms with E-state index in [4.69, 9.17) is 5.11 Å². The molecule has 1 aromatic carbocycles. The Balaban J connectivity index is 1.98. The molecule has 4 heteroatoms. The van der Waals surface area contributed by atoms with Gasteiger partial charge >= 0.3 is 5.97 Å².